The molecule has 3 heteroatoms. The lowest BCUT2D eigenvalue weighted by molar-refractivity contribution is 0.236. The van der Waals surface area contributed by atoms with Gasteiger partial charge >= 0.3 is 0 Å². The molecule has 19 heavy (non-hydrogen) atoms. The van der Waals surface area contributed by atoms with Crippen molar-refractivity contribution in [2.75, 3.05) is 19.6 Å². The zero-order valence-electron chi connectivity index (χ0n) is 13.0. The zero-order chi connectivity index (χ0) is 14.1. The minimum Gasteiger partial charge on any atom is -0.468 e. The number of hydrogen-bond donors (Lipinski definition) is 1. The smallest absolute Gasteiger partial charge is 0.122 e. The van der Waals surface area contributed by atoms with Crippen LogP contribution in [0.25, 0.3) is 0 Å². The van der Waals surface area contributed by atoms with Crippen molar-refractivity contribution in [3.63, 3.8) is 0 Å². The summed E-state index contributed by atoms with van der Waals surface area (Å²) in [6.45, 7) is 14.1. The van der Waals surface area contributed by atoms with Gasteiger partial charge in [0.2, 0.25) is 0 Å². The van der Waals surface area contributed by atoms with Crippen molar-refractivity contribution in [2.24, 2.45) is 5.92 Å². The first-order chi connectivity index (χ1) is 9.21. The summed E-state index contributed by atoms with van der Waals surface area (Å²) in [5, 5.41) is 3.41. The van der Waals surface area contributed by atoms with E-state index in [1.165, 1.54) is 18.5 Å². The average molecular weight is 266 g/mol. The van der Waals surface area contributed by atoms with E-state index in [4.69, 9.17) is 4.42 Å². The van der Waals surface area contributed by atoms with E-state index < -0.39 is 0 Å². The summed E-state index contributed by atoms with van der Waals surface area (Å²) in [5.41, 5.74) is 1.33. The van der Waals surface area contributed by atoms with Gasteiger partial charge in [-0.25, -0.2) is 0 Å². The van der Waals surface area contributed by atoms with Crippen LogP contribution in [-0.2, 0) is 13.1 Å². The first kappa shape index (κ1) is 16.3. The fraction of sp³-hybridized carbons (Fsp3) is 0.750. The largest absolute Gasteiger partial charge is 0.468 e. The van der Waals surface area contributed by atoms with Crippen LogP contribution in [0.3, 0.4) is 0 Å². The van der Waals surface area contributed by atoms with Gasteiger partial charge in [-0.05, 0) is 31.5 Å². The summed E-state index contributed by atoms with van der Waals surface area (Å²) in [7, 11) is 0. The summed E-state index contributed by atoms with van der Waals surface area (Å²) < 4.78 is 5.60. The van der Waals surface area contributed by atoms with Crippen LogP contribution < -0.4 is 5.32 Å². The highest BCUT2D eigenvalue weighted by Gasteiger charge is 2.12. The molecule has 1 atom stereocenters. The average Bonchev–Trinajstić information content (AvgIpc) is 2.85. The molecule has 1 rings (SSSR count). The van der Waals surface area contributed by atoms with Crippen LogP contribution in [0.15, 0.2) is 16.7 Å². The SMILES string of the molecule is CCCNCc1occc1CN(CC)CC(C)CC. The van der Waals surface area contributed by atoms with Crippen LogP contribution in [0, 0.1) is 5.92 Å². The molecule has 1 aromatic rings. The van der Waals surface area contributed by atoms with Gasteiger partial charge in [-0.15, -0.1) is 0 Å². The van der Waals surface area contributed by atoms with Crippen LogP contribution in [0.4, 0.5) is 0 Å². The molecular weight excluding hydrogens is 236 g/mol. The molecule has 0 fully saturated rings. The Balaban J connectivity index is 2.52. The summed E-state index contributed by atoms with van der Waals surface area (Å²) in [6, 6.07) is 2.11. The Morgan fingerprint density at radius 1 is 1.32 bits per heavy atom. The van der Waals surface area contributed by atoms with E-state index in [2.05, 4.69) is 44.0 Å². The molecule has 0 aliphatic heterocycles. The number of nitrogens with one attached hydrogen (secondary N) is 1. The molecule has 0 amide bonds. The number of furan rings is 1. The fourth-order valence-corrected chi connectivity index (χ4v) is 2.16. The van der Waals surface area contributed by atoms with Crippen molar-refractivity contribution >= 4 is 0 Å². The van der Waals surface area contributed by atoms with E-state index in [1.807, 2.05) is 6.26 Å². The Kier molecular flexibility index (Phi) is 7.84. The van der Waals surface area contributed by atoms with Gasteiger partial charge in [-0.2, -0.15) is 0 Å². The molecule has 1 unspecified atom stereocenters. The van der Waals surface area contributed by atoms with Gasteiger partial charge in [0.05, 0.1) is 12.8 Å². The summed E-state index contributed by atoms with van der Waals surface area (Å²) in [6.07, 6.45) is 4.22. The predicted molar refractivity (Wildman–Crippen MR) is 81.1 cm³/mol. The lowest BCUT2D eigenvalue weighted by Gasteiger charge is -2.23. The molecule has 3 nitrogen and oxygen atoms in total. The molecule has 0 bridgehead atoms. The maximum absolute atomic E-state index is 5.60. The summed E-state index contributed by atoms with van der Waals surface area (Å²) in [4.78, 5) is 2.50. The van der Waals surface area contributed by atoms with Crippen LogP contribution in [0.1, 0.15) is 51.9 Å². The Hall–Kier alpha value is -0.800. The second-order valence-electron chi connectivity index (χ2n) is 5.39. The normalized spacial score (nSPS) is 13.1. The lowest BCUT2D eigenvalue weighted by atomic mass is 10.1. The van der Waals surface area contributed by atoms with Gasteiger partial charge in [0, 0.05) is 18.7 Å². The number of rotatable bonds is 10. The van der Waals surface area contributed by atoms with E-state index in [0.717, 1.165) is 44.3 Å². The van der Waals surface area contributed by atoms with E-state index in [0.29, 0.717) is 0 Å². The van der Waals surface area contributed by atoms with Gasteiger partial charge in [0.1, 0.15) is 5.76 Å². The van der Waals surface area contributed by atoms with Crippen LogP contribution in [0.2, 0.25) is 0 Å². The molecule has 0 aromatic carbocycles. The third kappa shape index (κ3) is 5.79. The zero-order valence-corrected chi connectivity index (χ0v) is 13.0. The third-order valence-electron chi connectivity index (χ3n) is 3.66. The van der Waals surface area contributed by atoms with Crippen molar-refractivity contribution in [3.8, 4) is 0 Å². The second kappa shape index (κ2) is 9.16. The molecular formula is C16H30N2O. The van der Waals surface area contributed by atoms with E-state index in [-0.39, 0.29) is 0 Å². The molecule has 1 aromatic heterocycles. The predicted octanol–water partition coefficient (Wildman–Crippen LogP) is 3.65. The van der Waals surface area contributed by atoms with Crippen LogP contribution >= 0.6 is 0 Å². The van der Waals surface area contributed by atoms with Crippen molar-refractivity contribution in [1.29, 1.82) is 0 Å². The second-order valence-corrected chi connectivity index (χ2v) is 5.39. The number of nitrogens with zero attached hydrogens (tertiary/aromatic N) is 1. The Morgan fingerprint density at radius 2 is 2.11 bits per heavy atom. The highest BCUT2D eigenvalue weighted by atomic mass is 16.3. The maximum atomic E-state index is 5.60. The molecule has 1 N–H and O–H groups in total. The summed E-state index contributed by atoms with van der Waals surface area (Å²) in [5.74, 6) is 1.85. The third-order valence-corrected chi connectivity index (χ3v) is 3.66. The first-order valence-electron chi connectivity index (χ1n) is 7.69. The van der Waals surface area contributed by atoms with E-state index in [1.54, 1.807) is 0 Å². The monoisotopic (exact) mass is 266 g/mol. The fourth-order valence-electron chi connectivity index (χ4n) is 2.16. The topological polar surface area (TPSA) is 28.4 Å². The molecule has 0 aliphatic rings. The van der Waals surface area contributed by atoms with Gasteiger partial charge in [0.25, 0.3) is 0 Å². The quantitative estimate of drug-likeness (QED) is 0.655. The minimum atomic E-state index is 0.758. The molecule has 1 heterocycles. The van der Waals surface area contributed by atoms with E-state index >= 15 is 0 Å². The van der Waals surface area contributed by atoms with E-state index in [9.17, 15) is 0 Å². The molecule has 0 radical (unpaired) electrons. The minimum absolute atomic E-state index is 0.758. The van der Waals surface area contributed by atoms with Crippen molar-refractivity contribution < 1.29 is 4.42 Å². The maximum Gasteiger partial charge on any atom is 0.122 e. The standard InChI is InChI=1S/C16H30N2O/c1-5-9-17-11-16-15(8-10-19-16)13-18(7-3)12-14(4)6-2/h8,10,14,17H,5-7,9,11-13H2,1-4H3. The van der Waals surface area contributed by atoms with Crippen molar-refractivity contribution in [3.05, 3.63) is 23.7 Å². The molecule has 0 spiro atoms. The molecule has 0 saturated carbocycles. The Labute approximate surface area is 118 Å². The van der Waals surface area contributed by atoms with Crippen molar-refractivity contribution in [2.45, 2.75) is 53.6 Å². The summed E-state index contributed by atoms with van der Waals surface area (Å²) >= 11 is 0. The molecule has 0 saturated heterocycles. The molecule has 110 valence electrons. The van der Waals surface area contributed by atoms with Gasteiger partial charge < -0.3 is 9.73 Å². The highest BCUT2D eigenvalue weighted by Crippen LogP contribution is 2.15. The van der Waals surface area contributed by atoms with Crippen LogP contribution in [0.5, 0.6) is 0 Å². The van der Waals surface area contributed by atoms with Gasteiger partial charge in [-0.1, -0.05) is 34.1 Å². The van der Waals surface area contributed by atoms with Gasteiger partial charge in [-0.3, -0.25) is 4.90 Å². The van der Waals surface area contributed by atoms with Crippen molar-refractivity contribution in [1.82, 2.24) is 10.2 Å². The Bertz CT molecular complexity index is 335. The Morgan fingerprint density at radius 3 is 2.74 bits per heavy atom. The van der Waals surface area contributed by atoms with Gasteiger partial charge in [0.15, 0.2) is 0 Å². The number of hydrogen-bond acceptors (Lipinski definition) is 3. The lowest BCUT2D eigenvalue weighted by Crippen LogP contribution is -2.28. The molecule has 0 aliphatic carbocycles. The highest BCUT2D eigenvalue weighted by molar-refractivity contribution is 5.16. The van der Waals surface area contributed by atoms with Crippen LogP contribution in [-0.4, -0.2) is 24.5 Å². The first-order valence-corrected chi connectivity index (χ1v) is 7.69.